The predicted molar refractivity (Wildman–Crippen MR) is 101 cm³/mol. The number of carbonyl (C=O) groups is 2. The van der Waals surface area contributed by atoms with E-state index in [-0.39, 0.29) is 22.9 Å². The van der Waals surface area contributed by atoms with Gasteiger partial charge in [0.15, 0.2) is 0 Å². The Morgan fingerprint density at radius 1 is 1.31 bits per heavy atom. The molecule has 0 aromatic heterocycles. The minimum Gasteiger partial charge on any atom is -0.481 e. The molecule has 0 aliphatic carbocycles. The standard InChI is InChI=1S/C17H23BrN2O5S/c1-3-20(4-2)26(24,25)13-7-8-15(18)14(10-13)16(21)19-9-5-6-12(11-19)17(22)23/h7-8,10,12H,3-6,9,11H2,1-2H3,(H,22,23)/t12-/m1/s1. The first-order valence-electron chi connectivity index (χ1n) is 8.54. The first kappa shape index (κ1) is 20.9. The Morgan fingerprint density at radius 2 is 1.96 bits per heavy atom. The predicted octanol–water partition coefficient (Wildman–Crippen LogP) is 2.42. The molecule has 7 nitrogen and oxygen atoms in total. The molecule has 0 saturated carbocycles. The molecule has 9 heteroatoms. The molecule has 144 valence electrons. The van der Waals surface area contributed by atoms with Crippen LogP contribution in [0.2, 0.25) is 0 Å². The smallest absolute Gasteiger partial charge is 0.308 e. The lowest BCUT2D eigenvalue weighted by Crippen LogP contribution is -2.42. The number of sulfonamides is 1. The van der Waals surface area contributed by atoms with E-state index in [9.17, 15) is 23.1 Å². The normalized spacial score (nSPS) is 18.2. The molecule has 0 spiro atoms. The fourth-order valence-electron chi connectivity index (χ4n) is 3.07. The Labute approximate surface area is 162 Å². The quantitative estimate of drug-likeness (QED) is 0.723. The van der Waals surface area contributed by atoms with Gasteiger partial charge in [-0.25, -0.2) is 8.42 Å². The van der Waals surface area contributed by atoms with Crippen molar-refractivity contribution in [1.82, 2.24) is 9.21 Å². The average molecular weight is 447 g/mol. The number of rotatable bonds is 6. The molecule has 1 aromatic carbocycles. The van der Waals surface area contributed by atoms with Gasteiger partial charge in [-0.1, -0.05) is 13.8 Å². The molecule has 2 rings (SSSR count). The van der Waals surface area contributed by atoms with Crippen LogP contribution in [0.1, 0.15) is 37.0 Å². The van der Waals surface area contributed by atoms with Crippen LogP contribution < -0.4 is 0 Å². The van der Waals surface area contributed by atoms with Crippen molar-refractivity contribution in [3.63, 3.8) is 0 Å². The topological polar surface area (TPSA) is 95.0 Å². The van der Waals surface area contributed by atoms with Crippen molar-refractivity contribution < 1.29 is 23.1 Å². The van der Waals surface area contributed by atoms with Gasteiger partial charge in [0.05, 0.1) is 16.4 Å². The van der Waals surface area contributed by atoms with Crippen molar-refractivity contribution in [3.05, 3.63) is 28.2 Å². The van der Waals surface area contributed by atoms with Crippen LogP contribution in [0.4, 0.5) is 0 Å². The summed E-state index contributed by atoms with van der Waals surface area (Å²) < 4.78 is 27.2. The van der Waals surface area contributed by atoms with Gasteiger partial charge in [0.25, 0.3) is 5.91 Å². The van der Waals surface area contributed by atoms with Gasteiger partial charge in [-0.2, -0.15) is 4.31 Å². The van der Waals surface area contributed by atoms with E-state index in [1.165, 1.54) is 21.3 Å². The van der Waals surface area contributed by atoms with Gasteiger partial charge in [-0.15, -0.1) is 0 Å². The lowest BCUT2D eigenvalue weighted by atomic mass is 9.97. The van der Waals surface area contributed by atoms with Crippen molar-refractivity contribution in [2.45, 2.75) is 31.6 Å². The maximum atomic E-state index is 12.9. The zero-order valence-electron chi connectivity index (χ0n) is 14.8. The van der Waals surface area contributed by atoms with Crippen molar-refractivity contribution >= 4 is 37.8 Å². The Hall–Kier alpha value is -1.45. The van der Waals surface area contributed by atoms with E-state index in [0.29, 0.717) is 36.9 Å². The first-order chi connectivity index (χ1) is 12.2. The van der Waals surface area contributed by atoms with E-state index in [0.717, 1.165) is 0 Å². The lowest BCUT2D eigenvalue weighted by molar-refractivity contribution is -0.143. The summed E-state index contributed by atoms with van der Waals surface area (Å²) in [6.07, 6.45) is 1.15. The first-order valence-corrected chi connectivity index (χ1v) is 10.8. The van der Waals surface area contributed by atoms with Crippen LogP contribution in [0.15, 0.2) is 27.6 Å². The highest BCUT2D eigenvalue weighted by molar-refractivity contribution is 9.10. The second-order valence-electron chi connectivity index (χ2n) is 6.16. The number of carboxylic acids is 1. The Kier molecular flexibility index (Phi) is 6.81. The molecule has 1 heterocycles. The summed E-state index contributed by atoms with van der Waals surface area (Å²) in [6.45, 7) is 4.78. The van der Waals surface area contributed by atoms with E-state index in [4.69, 9.17) is 0 Å². The van der Waals surface area contributed by atoms with Crippen molar-refractivity contribution in [1.29, 1.82) is 0 Å². The van der Waals surface area contributed by atoms with Crippen LogP contribution in [0.3, 0.4) is 0 Å². The third kappa shape index (κ3) is 4.27. The van der Waals surface area contributed by atoms with Crippen molar-refractivity contribution in [2.24, 2.45) is 5.92 Å². The fourth-order valence-corrected chi connectivity index (χ4v) is 4.98. The van der Waals surface area contributed by atoms with E-state index in [1.807, 2.05) is 0 Å². The molecule has 1 saturated heterocycles. The SMILES string of the molecule is CCN(CC)S(=O)(=O)c1ccc(Br)c(C(=O)N2CCC[C@@H](C(=O)O)C2)c1. The average Bonchev–Trinajstić information content (AvgIpc) is 2.62. The summed E-state index contributed by atoms with van der Waals surface area (Å²) in [7, 11) is -3.68. The maximum absolute atomic E-state index is 12.9. The number of hydrogen-bond donors (Lipinski definition) is 1. The Balaban J connectivity index is 2.35. The maximum Gasteiger partial charge on any atom is 0.308 e. The Bertz CT molecular complexity index is 792. The molecular formula is C17H23BrN2O5S. The molecular weight excluding hydrogens is 424 g/mol. The van der Waals surface area contributed by atoms with Crippen LogP contribution in [-0.4, -0.2) is 60.8 Å². The molecule has 1 aliphatic rings. The molecule has 0 radical (unpaired) electrons. The highest BCUT2D eigenvalue weighted by Gasteiger charge is 2.30. The Morgan fingerprint density at radius 3 is 2.54 bits per heavy atom. The van der Waals surface area contributed by atoms with Gasteiger partial charge in [-0.05, 0) is 47.0 Å². The zero-order chi connectivity index (χ0) is 19.5. The van der Waals surface area contributed by atoms with Crippen molar-refractivity contribution in [2.75, 3.05) is 26.2 Å². The zero-order valence-corrected chi connectivity index (χ0v) is 17.2. The van der Waals surface area contributed by atoms with Crippen molar-refractivity contribution in [3.8, 4) is 0 Å². The number of halogens is 1. The van der Waals surface area contributed by atoms with Gasteiger partial charge in [0, 0.05) is 30.7 Å². The van der Waals surface area contributed by atoms with Gasteiger partial charge >= 0.3 is 5.97 Å². The summed E-state index contributed by atoms with van der Waals surface area (Å²) >= 11 is 3.31. The molecule has 1 aromatic rings. The second kappa shape index (κ2) is 8.49. The number of nitrogens with zero attached hydrogens (tertiary/aromatic N) is 2. The number of likely N-dealkylation sites (tertiary alicyclic amines) is 1. The monoisotopic (exact) mass is 446 g/mol. The number of amides is 1. The van der Waals surface area contributed by atoms with Crippen LogP contribution in [0.25, 0.3) is 0 Å². The van der Waals surface area contributed by atoms with Crippen LogP contribution in [0, 0.1) is 5.92 Å². The van der Waals surface area contributed by atoms with E-state index in [2.05, 4.69) is 15.9 Å². The van der Waals surface area contributed by atoms with Gasteiger partial charge in [0.1, 0.15) is 0 Å². The van der Waals surface area contributed by atoms with Crippen LogP contribution in [-0.2, 0) is 14.8 Å². The molecule has 1 N–H and O–H groups in total. The molecule has 0 bridgehead atoms. The molecule has 1 aliphatic heterocycles. The van der Waals surface area contributed by atoms with E-state index in [1.54, 1.807) is 19.9 Å². The molecule has 1 fully saturated rings. The van der Waals surface area contributed by atoms with Gasteiger partial charge < -0.3 is 10.0 Å². The van der Waals surface area contributed by atoms with Crippen LogP contribution >= 0.6 is 15.9 Å². The highest BCUT2D eigenvalue weighted by atomic mass is 79.9. The lowest BCUT2D eigenvalue weighted by Gasteiger charge is -2.31. The highest BCUT2D eigenvalue weighted by Crippen LogP contribution is 2.26. The number of hydrogen-bond acceptors (Lipinski definition) is 4. The summed E-state index contributed by atoms with van der Waals surface area (Å²) in [5, 5.41) is 9.20. The number of piperidine rings is 1. The summed E-state index contributed by atoms with van der Waals surface area (Å²) in [5.41, 5.74) is 0.226. The minimum atomic E-state index is -3.68. The number of benzene rings is 1. The largest absolute Gasteiger partial charge is 0.481 e. The number of carbonyl (C=O) groups excluding carboxylic acids is 1. The second-order valence-corrected chi connectivity index (χ2v) is 8.95. The van der Waals surface area contributed by atoms with Gasteiger partial charge in [0.2, 0.25) is 10.0 Å². The summed E-state index contributed by atoms with van der Waals surface area (Å²) in [5.74, 6) is -1.87. The molecule has 1 amide bonds. The van der Waals surface area contributed by atoms with Crippen LogP contribution in [0.5, 0.6) is 0 Å². The van der Waals surface area contributed by atoms with E-state index < -0.39 is 21.9 Å². The fraction of sp³-hybridized carbons (Fsp3) is 0.529. The molecule has 26 heavy (non-hydrogen) atoms. The minimum absolute atomic E-state index is 0.0551. The summed E-state index contributed by atoms with van der Waals surface area (Å²) in [4.78, 5) is 25.6. The number of aliphatic carboxylic acids is 1. The summed E-state index contributed by atoms with van der Waals surface area (Å²) in [6, 6.07) is 4.37. The third-order valence-electron chi connectivity index (χ3n) is 4.57. The van der Waals surface area contributed by atoms with Gasteiger partial charge in [-0.3, -0.25) is 9.59 Å². The number of carboxylic acid groups (broad SMARTS) is 1. The third-order valence-corrected chi connectivity index (χ3v) is 7.31. The van der Waals surface area contributed by atoms with E-state index >= 15 is 0 Å². The molecule has 0 unspecified atom stereocenters. The molecule has 1 atom stereocenters.